The first-order valence-corrected chi connectivity index (χ1v) is 8.52. The first-order valence-electron chi connectivity index (χ1n) is 8.52. The summed E-state index contributed by atoms with van der Waals surface area (Å²) in [5, 5.41) is 19.7. The third-order valence-electron chi connectivity index (χ3n) is 4.28. The molecule has 1 N–H and O–H groups in total. The van der Waals surface area contributed by atoms with Gasteiger partial charge in [0.05, 0.1) is 16.8 Å². The lowest BCUT2D eigenvalue weighted by Gasteiger charge is -2.10. The lowest BCUT2D eigenvalue weighted by Crippen LogP contribution is -2.05. The molecule has 0 aliphatic carbocycles. The van der Waals surface area contributed by atoms with Gasteiger partial charge in [-0.05, 0) is 42.0 Å². The lowest BCUT2D eigenvalue weighted by molar-refractivity contribution is -0.137. The van der Waals surface area contributed by atoms with Crippen molar-refractivity contribution in [1.29, 1.82) is 5.26 Å². The van der Waals surface area contributed by atoms with Crippen molar-refractivity contribution >= 4 is 23.1 Å². The second-order valence-electron chi connectivity index (χ2n) is 6.25. The van der Waals surface area contributed by atoms with Gasteiger partial charge in [-0.15, -0.1) is 5.10 Å². The maximum Gasteiger partial charge on any atom is 0.416 e. The molecule has 0 saturated carbocycles. The highest BCUT2D eigenvalue weighted by Crippen LogP contribution is 2.34. The fourth-order valence-electron chi connectivity index (χ4n) is 2.91. The summed E-state index contributed by atoms with van der Waals surface area (Å²) in [6, 6.07) is 16.6. The zero-order valence-electron chi connectivity index (χ0n) is 14.8. The van der Waals surface area contributed by atoms with Gasteiger partial charge in [0.15, 0.2) is 5.69 Å². The zero-order valence-corrected chi connectivity index (χ0v) is 14.8. The van der Waals surface area contributed by atoms with E-state index in [4.69, 9.17) is 5.26 Å². The second kappa shape index (κ2) is 7.20. The minimum atomic E-state index is -4.55. The molecule has 5 nitrogen and oxygen atoms in total. The number of nitrogens with one attached hydrogen (secondary N) is 1. The number of nitrogens with zero attached hydrogens (tertiary/aromatic N) is 4. The van der Waals surface area contributed by atoms with E-state index in [0.717, 1.165) is 23.0 Å². The average molecular weight is 391 g/mol. The molecule has 0 fully saturated rings. The van der Waals surface area contributed by atoms with Crippen LogP contribution in [-0.2, 0) is 6.18 Å². The van der Waals surface area contributed by atoms with Gasteiger partial charge in [0.1, 0.15) is 11.8 Å². The van der Waals surface area contributed by atoms with Gasteiger partial charge in [-0.2, -0.15) is 18.4 Å². The SMILES string of the molecule is N#Cc1[nH]nnc1-c1cc(/C=C/c2ccc3ccccc3n2)cc(C(F)(F)F)c1. The molecular weight excluding hydrogens is 379 g/mol. The van der Waals surface area contributed by atoms with Gasteiger partial charge >= 0.3 is 6.18 Å². The number of H-pyrrole nitrogens is 1. The number of hydrogen-bond donors (Lipinski definition) is 1. The van der Waals surface area contributed by atoms with Crippen LogP contribution in [-0.4, -0.2) is 20.4 Å². The molecule has 4 aromatic rings. The number of aromatic nitrogens is 4. The quantitative estimate of drug-likeness (QED) is 0.528. The molecule has 29 heavy (non-hydrogen) atoms. The van der Waals surface area contributed by atoms with Gasteiger partial charge in [-0.1, -0.05) is 35.6 Å². The van der Waals surface area contributed by atoms with Crippen molar-refractivity contribution in [3.05, 3.63) is 77.1 Å². The summed E-state index contributed by atoms with van der Waals surface area (Å²) in [4.78, 5) is 4.48. The van der Waals surface area contributed by atoms with E-state index in [1.54, 1.807) is 18.2 Å². The molecule has 142 valence electrons. The number of fused-ring (bicyclic) bond motifs is 1. The van der Waals surface area contributed by atoms with E-state index in [0.29, 0.717) is 11.3 Å². The number of aromatic amines is 1. The maximum atomic E-state index is 13.4. The summed E-state index contributed by atoms with van der Waals surface area (Å²) in [7, 11) is 0. The van der Waals surface area contributed by atoms with Crippen molar-refractivity contribution in [2.45, 2.75) is 6.18 Å². The molecule has 4 rings (SSSR count). The Kier molecular flexibility index (Phi) is 4.56. The number of nitriles is 1. The van der Waals surface area contributed by atoms with Crippen LogP contribution in [0.15, 0.2) is 54.6 Å². The van der Waals surface area contributed by atoms with Crippen molar-refractivity contribution in [3.8, 4) is 17.3 Å². The Labute approximate surface area is 163 Å². The predicted octanol–water partition coefficient (Wildman–Crippen LogP) is 5.08. The van der Waals surface area contributed by atoms with Crippen LogP contribution in [0, 0.1) is 11.3 Å². The Balaban J connectivity index is 1.76. The summed E-state index contributed by atoms with van der Waals surface area (Å²) in [5.74, 6) is 0. The standard InChI is InChI=1S/C21H12F3N5/c22-21(23,24)16-10-13(9-15(11-16)20-19(12-25)27-29-28-20)5-7-17-8-6-14-3-1-2-4-18(14)26-17/h1-11H,(H,27,28,29)/b7-5+. The van der Waals surface area contributed by atoms with Crippen molar-refractivity contribution in [2.75, 3.05) is 0 Å². The van der Waals surface area contributed by atoms with Crippen LogP contribution in [0.5, 0.6) is 0 Å². The summed E-state index contributed by atoms with van der Waals surface area (Å²) in [5.41, 5.74) is 1.08. The molecule has 0 aliphatic heterocycles. The number of pyridine rings is 1. The van der Waals surface area contributed by atoms with Gasteiger partial charge < -0.3 is 0 Å². The van der Waals surface area contributed by atoms with E-state index >= 15 is 0 Å². The van der Waals surface area contributed by atoms with Crippen molar-refractivity contribution in [2.24, 2.45) is 0 Å². The number of hydrogen-bond acceptors (Lipinski definition) is 4. The van der Waals surface area contributed by atoms with E-state index in [9.17, 15) is 13.2 Å². The molecule has 0 bridgehead atoms. The molecule has 0 spiro atoms. The average Bonchev–Trinajstić information content (AvgIpc) is 3.20. The highest BCUT2D eigenvalue weighted by atomic mass is 19.4. The van der Waals surface area contributed by atoms with E-state index in [1.807, 2.05) is 36.4 Å². The Morgan fingerprint density at radius 2 is 1.83 bits per heavy atom. The first-order chi connectivity index (χ1) is 13.9. The fourth-order valence-corrected chi connectivity index (χ4v) is 2.91. The minimum Gasteiger partial charge on any atom is -0.248 e. The molecule has 2 aromatic carbocycles. The van der Waals surface area contributed by atoms with Crippen LogP contribution in [0.1, 0.15) is 22.5 Å². The van der Waals surface area contributed by atoms with Crippen LogP contribution in [0.2, 0.25) is 0 Å². The Morgan fingerprint density at radius 1 is 1.00 bits per heavy atom. The maximum absolute atomic E-state index is 13.4. The smallest absolute Gasteiger partial charge is 0.248 e. The van der Waals surface area contributed by atoms with Crippen LogP contribution in [0.4, 0.5) is 13.2 Å². The van der Waals surface area contributed by atoms with Crippen LogP contribution in [0.3, 0.4) is 0 Å². The van der Waals surface area contributed by atoms with Crippen molar-refractivity contribution in [1.82, 2.24) is 20.4 Å². The summed E-state index contributed by atoms with van der Waals surface area (Å²) in [6.45, 7) is 0. The number of alkyl halides is 3. The fraction of sp³-hybridized carbons (Fsp3) is 0.0476. The van der Waals surface area contributed by atoms with Crippen LogP contribution < -0.4 is 0 Å². The van der Waals surface area contributed by atoms with Gasteiger partial charge in [-0.3, -0.25) is 0 Å². The minimum absolute atomic E-state index is 0.00421. The van der Waals surface area contributed by atoms with Crippen LogP contribution in [0.25, 0.3) is 34.3 Å². The summed E-state index contributed by atoms with van der Waals surface area (Å²) in [6.07, 6.45) is -1.36. The van der Waals surface area contributed by atoms with Gasteiger partial charge in [-0.25, -0.2) is 10.1 Å². The summed E-state index contributed by atoms with van der Waals surface area (Å²) < 4.78 is 40.1. The molecule has 0 aliphatic rings. The number of benzene rings is 2. The predicted molar refractivity (Wildman–Crippen MR) is 102 cm³/mol. The number of halogens is 3. The Morgan fingerprint density at radius 3 is 2.62 bits per heavy atom. The lowest BCUT2D eigenvalue weighted by atomic mass is 10.0. The Bertz CT molecular complexity index is 1270. The topological polar surface area (TPSA) is 78.2 Å². The molecule has 0 atom stereocenters. The molecule has 8 heteroatoms. The van der Waals surface area contributed by atoms with Gasteiger partial charge in [0, 0.05) is 10.9 Å². The van der Waals surface area contributed by atoms with Crippen LogP contribution >= 0.6 is 0 Å². The number of para-hydroxylation sites is 1. The normalized spacial score (nSPS) is 11.8. The van der Waals surface area contributed by atoms with E-state index in [-0.39, 0.29) is 17.0 Å². The Hall–Kier alpha value is -3.99. The van der Waals surface area contributed by atoms with Gasteiger partial charge in [0.25, 0.3) is 0 Å². The zero-order chi connectivity index (χ0) is 20.4. The molecular formula is C21H12F3N5. The molecule has 2 heterocycles. The third-order valence-corrected chi connectivity index (χ3v) is 4.28. The highest BCUT2D eigenvalue weighted by molar-refractivity contribution is 5.81. The van der Waals surface area contributed by atoms with Crippen molar-refractivity contribution < 1.29 is 13.2 Å². The van der Waals surface area contributed by atoms with Gasteiger partial charge in [0.2, 0.25) is 0 Å². The highest BCUT2D eigenvalue weighted by Gasteiger charge is 2.31. The largest absolute Gasteiger partial charge is 0.416 e. The first kappa shape index (κ1) is 18.4. The summed E-state index contributed by atoms with van der Waals surface area (Å²) >= 11 is 0. The van der Waals surface area contributed by atoms with E-state index < -0.39 is 11.7 Å². The number of rotatable bonds is 3. The van der Waals surface area contributed by atoms with E-state index in [1.165, 1.54) is 6.07 Å². The monoisotopic (exact) mass is 391 g/mol. The molecule has 0 amide bonds. The molecule has 0 unspecified atom stereocenters. The van der Waals surface area contributed by atoms with Crippen molar-refractivity contribution in [3.63, 3.8) is 0 Å². The van der Waals surface area contributed by atoms with E-state index in [2.05, 4.69) is 20.4 Å². The molecule has 0 saturated heterocycles. The molecule has 2 aromatic heterocycles. The molecule has 0 radical (unpaired) electrons. The third kappa shape index (κ3) is 3.84. The second-order valence-corrected chi connectivity index (χ2v) is 6.25.